The predicted molar refractivity (Wildman–Crippen MR) is 121 cm³/mol. The minimum atomic E-state index is -1.06. The SMILES string of the molecule is Cc1cccc(C(=O)N[C@@H](C)c2nnc(SCC(=O)Nc3cccc(C(=O)O)c3)n2C)c1. The van der Waals surface area contributed by atoms with Crippen molar-refractivity contribution in [2.24, 2.45) is 7.05 Å². The fourth-order valence-corrected chi connectivity index (χ4v) is 3.74. The zero-order valence-corrected chi connectivity index (χ0v) is 18.6. The Morgan fingerprint density at radius 2 is 1.81 bits per heavy atom. The van der Waals surface area contributed by atoms with Crippen molar-refractivity contribution in [2.45, 2.75) is 25.0 Å². The van der Waals surface area contributed by atoms with E-state index in [1.165, 1.54) is 23.9 Å². The first-order valence-corrected chi connectivity index (χ1v) is 10.8. The van der Waals surface area contributed by atoms with Crippen molar-refractivity contribution in [1.29, 1.82) is 0 Å². The van der Waals surface area contributed by atoms with Crippen LogP contribution in [0.1, 0.15) is 45.1 Å². The molecule has 0 spiro atoms. The number of nitrogens with zero attached hydrogens (tertiary/aromatic N) is 3. The van der Waals surface area contributed by atoms with Crippen molar-refractivity contribution in [3.05, 3.63) is 71.0 Å². The number of aromatic carboxylic acids is 1. The van der Waals surface area contributed by atoms with E-state index in [-0.39, 0.29) is 29.2 Å². The van der Waals surface area contributed by atoms with Crippen LogP contribution in [0.3, 0.4) is 0 Å². The molecule has 9 nitrogen and oxygen atoms in total. The fourth-order valence-electron chi connectivity index (χ4n) is 3.02. The summed E-state index contributed by atoms with van der Waals surface area (Å²) in [6.07, 6.45) is 0. The van der Waals surface area contributed by atoms with Crippen LogP contribution in [-0.2, 0) is 11.8 Å². The maximum atomic E-state index is 12.5. The quantitative estimate of drug-likeness (QED) is 0.448. The highest BCUT2D eigenvalue weighted by molar-refractivity contribution is 7.99. The first-order chi connectivity index (χ1) is 15.2. The van der Waals surface area contributed by atoms with Crippen molar-refractivity contribution in [2.75, 3.05) is 11.1 Å². The molecule has 166 valence electrons. The monoisotopic (exact) mass is 453 g/mol. The zero-order valence-electron chi connectivity index (χ0n) is 17.8. The van der Waals surface area contributed by atoms with Crippen LogP contribution in [0.4, 0.5) is 5.69 Å². The van der Waals surface area contributed by atoms with E-state index in [1.54, 1.807) is 29.8 Å². The molecule has 10 heteroatoms. The Balaban J connectivity index is 1.58. The van der Waals surface area contributed by atoms with Crippen molar-refractivity contribution < 1.29 is 19.5 Å². The Labute approximate surface area is 189 Å². The largest absolute Gasteiger partial charge is 0.478 e. The van der Waals surface area contributed by atoms with Gasteiger partial charge in [-0.2, -0.15) is 0 Å². The summed E-state index contributed by atoms with van der Waals surface area (Å²) < 4.78 is 1.73. The third-order valence-corrected chi connectivity index (χ3v) is 5.63. The molecule has 0 aliphatic carbocycles. The number of carbonyl (C=O) groups excluding carboxylic acids is 2. The molecule has 0 aliphatic rings. The summed E-state index contributed by atoms with van der Waals surface area (Å²) in [5.41, 5.74) is 2.06. The van der Waals surface area contributed by atoms with Crippen LogP contribution in [0.25, 0.3) is 0 Å². The number of hydrogen-bond donors (Lipinski definition) is 3. The topological polar surface area (TPSA) is 126 Å². The van der Waals surface area contributed by atoms with E-state index in [0.717, 1.165) is 5.56 Å². The number of benzene rings is 2. The molecule has 0 saturated carbocycles. The second-order valence-corrected chi connectivity index (χ2v) is 8.13. The minimum Gasteiger partial charge on any atom is -0.478 e. The van der Waals surface area contributed by atoms with E-state index in [9.17, 15) is 14.4 Å². The van der Waals surface area contributed by atoms with E-state index in [4.69, 9.17) is 5.11 Å². The standard InChI is InChI=1S/C22H23N5O4S/c1-13-6-4-7-15(10-13)20(29)23-14(2)19-25-26-22(27(19)3)32-12-18(28)24-17-9-5-8-16(11-17)21(30)31/h4-11,14H,12H2,1-3H3,(H,23,29)(H,24,28)(H,30,31)/t14-/m0/s1. The highest BCUT2D eigenvalue weighted by Crippen LogP contribution is 2.20. The van der Waals surface area contributed by atoms with Gasteiger partial charge in [-0.1, -0.05) is 35.5 Å². The molecule has 0 fully saturated rings. The number of aromatic nitrogens is 3. The Morgan fingerprint density at radius 1 is 1.09 bits per heavy atom. The highest BCUT2D eigenvalue weighted by atomic mass is 32.2. The summed E-state index contributed by atoms with van der Waals surface area (Å²) in [5, 5.41) is 23.4. The molecule has 2 amide bonds. The van der Waals surface area contributed by atoms with Crippen LogP contribution in [0.2, 0.25) is 0 Å². The summed E-state index contributed by atoms with van der Waals surface area (Å²) in [6.45, 7) is 3.74. The van der Waals surface area contributed by atoms with Crippen LogP contribution in [0, 0.1) is 6.92 Å². The van der Waals surface area contributed by atoms with Crippen LogP contribution < -0.4 is 10.6 Å². The second-order valence-electron chi connectivity index (χ2n) is 7.19. The molecule has 1 aromatic heterocycles. The number of amides is 2. The van der Waals surface area contributed by atoms with E-state index >= 15 is 0 Å². The average molecular weight is 454 g/mol. The predicted octanol–water partition coefficient (Wildman–Crippen LogP) is 3.04. The van der Waals surface area contributed by atoms with Crippen molar-refractivity contribution in [3.63, 3.8) is 0 Å². The number of thioether (sulfide) groups is 1. The van der Waals surface area contributed by atoms with Crippen LogP contribution in [-0.4, -0.2) is 43.4 Å². The van der Waals surface area contributed by atoms with Gasteiger partial charge in [-0.15, -0.1) is 10.2 Å². The van der Waals surface area contributed by atoms with Crippen molar-refractivity contribution in [1.82, 2.24) is 20.1 Å². The first-order valence-electron chi connectivity index (χ1n) is 9.77. The maximum absolute atomic E-state index is 12.5. The summed E-state index contributed by atoms with van der Waals surface area (Å²) in [5.74, 6) is -0.953. The normalized spacial score (nSPS) is 11.6. The van der Waals surface area contributed by atoms with Gasteiger partial charge in [0.2, 0.25) is 5.91 Å². The lowest BCUT2D eigenvalue weighted by atomic mass is 10.1. The van der Waals surface area contributed by atoms with Crippen LogP contribution in [0.5, 0.6) is 0 Å². The molecule has 0 bridgehead atoms. The lowest BCUT2D eigenvalue weighted by Gasteiger charge is -2.14. The van der Waals surface area contributed by atoms with Crippen molar-refractivity contribution in [3.8, 4) is 0 Å². The number of nitrogens with one attached hydrogen (secondary N) is 2. The van der Waals surface area contributed by atoms with Gasteiger partial charge in [0.25, 0.3) is 5.91 Å². The van der Waals surface area contributed by atoms with E-state index < -0.39 is 5.97 Å². The zero-order chi connectivity index (χ0) is 23.3. The highest BCUT2D eigenvalue weighted by Gasteiger charge is 2.19. The molecule has 0 aliphatic heterocycles. The summed E-state index contributed by atoms with van der Waals surface area (Å²) in [4.78, 5) is 35.8. The smallest absolute Gasteiger partial charge is 0.335 e. The molecule has 0 saturated heterocycles. The van der Waals surface area contributed by atoms with E-state index in [0.29, 0.717) is 22.2 Å². The Bertz CT molecular complexity index is 1160. The Kier molecular flexibility index (Phi) is 7.26. The van der Waals surface area contributed by atoms with Crippen molar-refractivity contribution >= 4 is 35.2 Å². The van der Waals surface area contributed by atoms with Gasteiger partial charge in [0.1, 0.15) is 0 Å². The molecule has 3 aromatic rings. The number of hydrogen-bond acceptors (Lipinski definition) is 6. The fraction of sp³-hybridized carbons (Fsp3) is 0.227. The summed E-state index contributed by atoms with van der Waals surface area (Å²) in [7, 11) is 1.77. The first kappa shape index (κ1) is 23.0. The molecule has 0 unspecified atom stereocenters. The molecule has 1 heterocycles. The summed E-state index contributed by atoms with van der Waals surface area (Å²) >= 11 is 1.19. The van der Waals surface area contributed by atoms with Gasteiger partial charge >= 0.3 is 5.97 Å². The third kappa shape index (κ3) is 5.73. The molecule has 1 atom stereocenters. The van der Waals surface area contributed by atoms with Gasteiger partial charge in [-0.05, 0) is 44.2 Å². The van der Waals surface area contributed by atoms with E-state index in [1.807, 2.05) is 32.0 Å². The number of aryl methyl sites for hydroxylation is 1. The lowest BCUT2D eigenvalue weighted by Crippen LogP contribution is -2.28. The molecule has 0 radical (unpaired) electrons. The number of carbonyl (C=O) groups is 3. The molecule has 2 aromatic carbocycles. The van der Waals surface area contributed by atoms with Crippen LogP contribution >= 0.6 is 11.8 Å². The van der Waals surface area contributed by atoms with Gasteiger partial charge < -0.3 is 20.3 Å². The summed E-state index contributed by atoms with van der Waals surface area (Å²) in [6, 6.07) is 12.9. The van der Waals surface area contributed by atoms with Gasteiger partial charge in [0, 0.05) is 18.3 Å². The van der Waals surface area contributed by atoms with E-state index in [2.05, 4.69) is 20.8 Å². The Morgan fingerprint density at radius 3 is 2.53 bits per heavy atom. The molecule has 3 rings (SSSR count). The molecular formula is C22H23N5O4S. The number of anilines is 1. The maximum Gasteiger partial charge on any atom is 0.335 e. The number of rotatable bonds is 8. The third-order valence-electron chi connectivity index (χ3n) is 4.61. The second kappa shape index (κ2) is 10.1. The number of carboxylic acids is 1. The average Bonchev–Trinajstić information content (AvgIpc) is 3.12. The van der Waals surface area contributed by atoms with Gasteiger partial charge in [0.05, 0.1) is 17.4 Å². The van der Waals surface area contributed by atoms with Crippen LogP contribution in [0.15, 0.2) is 53.7 Å². The molecule has 32 heavy (non-hydrogen) atoms. The Hall–Kier alpha value is -3.66. The minimum absolute atomic E-state index is 0.0628. The van der Waals surface area contributed by atoms with Gasteiger partial charge in [-0.3, -0.25) is 9.59 Å². The van der Waals surface area contributed by atoms with Gasteiger partial charge in [0.15, 0.2) is 11.0 Å². The number of carboxylic acid groups (broad SMARTS) is 1. The van der Waals surface area contributed by atoms with Gasteiger partial charge in [-0.25, -0.2) is 4.79 Å². The molecule has 3 N–H and O–H groups in total. The molecular weight excluding hydrogens is 430 g/mol. The lowest BCUT2D eigenvalue weighted by molar-refractivity contribution is -0.113.